The van der Waals surface area contributed by atoms with Gasteiger partial charge in [-0.15, -0.1) is 6.58 Å². The molecule has 0 amide bonds. The van der Waals surface area contributed by atoms with Crippen LogP contribution in [0.5, 0.6) is 0 Å². The number of hydrogen-bond donors (Lipinski definition) is 1. The second-order valence-electron chi connectivity index (χ2n) is 10.4. The van der Waals surface area contributed by atoms with E-state index in [1.165, 1.54) is 0 Å². The Morgan fingerprint density at radius 3 is 1.78 bits per heavy atom. The molecular weight excluding hydrogens is 516 g/mol. The predicted molar refractivity (Wildman–Crippen MR) is 160 cm³/mol. The van der Waals surface area contributed by atoms with Crippen LogP contribution in [0.25, 0.3) is 0 Å². The van der Waals surface area contributed by atoms with Gasteiger partial charge < -0.3 is 28.8 Å². The molecule has 1 saturated heterocycles. The number of aliphatic hydroxyl groups is 1. The number of ether oxygens (including phenoxy) is 5. The molecule has 1 N–H and O–H groups in total. The fourth-order valence-corrected chi connectivity index (χ4v) is 4.87. The van der Waals surface area contributed by atoms with Gasteiger partial charge in [0, 0.05) is 6.61 Å². The lowest BCUT2D eigenvalue weighted by Crippen LogP contribution is -2.61. The normalized spacial score (nSPS) is 22.4. The zero-order valence-corrected chi connectivity index (χ0v) is 23.9. The predicted octanol–water partition coefficient (Wildman–Crippen LogP) is 6.61. The van der Waals surface area contributed by atoms with Gasteiger partial charge >= 0.3 is 0 Å². The van der Waals surface area contributed by atoms with Gasteiger partial charge in [-0.2, -0.15) is 0 Å². The maximum absolute atomic E-state index is 11.5. The number of benzene rings is 3. The van der Waals surface area contributed by atoms with E-state index in [0.717, 1.165) is 48.8 Å². The van der Waals surface area contributed by atoms with Crippen molar-refractivity contribution < 1.29 is 28.8 Å². The third kappa shape index (κ3) is 10.5. The maximum atomic E-state index is 11.5. The first-order chi connectivity index (χ1) is 20.2. The smallest absolute Gasteiger partial charge is 0.186 e. The molecular formula is C35H44O6. The Bertz CT molecular complexity index is 1090. The quantitative estimate of drug-likeness (QED) is 0.139. The highest BCUT2D eigenvalue weighted by atomic mass is 16.7. The highest BCUT2D eigenvalue weighted by Crippen LogP contribution is 2.29. The van der Waals surface area contributed by atoms with E-state index in [1.807, 2.05) is 97.1 Å². The monoisotopic (exact) mass is 560 g/mol. The van der Waals surface area contributed by atoms with E-state index < -0.39 is 30.7 Å². The van der Waals surface area contributed by atoms with Gasteiger partial charge in [0.15, 0.2) is 6.29 Å². The zero-order valence-electron chi connectivity index (χ0n) is 23.9. The lowest BCUT2D eigenvalue weighted by Gasteiger charge is -2.44. The summed E-state index contributed by atoms with van der Waals surface area (Å²) in [4.78, 5) is 0. The molecule has 1 aliphatic rings. The molecule has 0 radical (unpaired) electrons. The molecule has 1 fully saturated rings. The Hall–Kier alpha value is -2.84. The van der Waals surface area contributed by atoms with Crippen molar-refractivity contribution in [1.82, 2.24) is 0 Å². The van der Waals surface area contributed by atoms with Gasteiger partial charge in [-0.3, -0.25) is 0 Å². The summed E-state index contributed by atoms with van der Waals surface area (Å²) in [6.07, 6.45) is 3.64. The van der Waals surface area contributed by atoms with Gasteiger partial charge in [0.25, 0.3) is 0 Å². The van der Waals surface area contributed by atoms with Crippen LogP contribution >= 0.6 is 0 Å². The number of aliphatic hydroxyl groups excluding tert-OH is 1. The van der Waals surface area contributed by atoms with Gasteiger partial charge in [0.05, 0.1) is 26.4 Å². The van der Waals surface area contributed by atoms with Crippen LogP contribution in [0.1, 0.15) is 48.8 Å². The lowest BCUT2D eigenvalue weighted by atomic mass is 9.98. The summed E-state index contributed by atoms with van der Waals surface area (Å²) in [6.45, 7) is 5.64. The third-order valence-electron chi connectivity index (χ3n) is 7.17. The number of rotatable bonds is 18. The Balaban J connectivity index is 1.45. The van der Waals surface area contributed by atoms with Crippen molar-refractivity contribution in [3.63, 3.8) is 0 Å². The van der Waals surface area contributed by atoms with E-state index in [1.54, 1.807) is 0 Å². The van der Waals surface area contributed by atoms with Crippen molar-refractivity contribution >= 4 is 0 Å². The number of hydrogen-bond acceptors (Lipinski definition) is 6. The SMILES string of the molecule is C=CCCCCCCO[C@@H]1O[C@H](COCc2ccccc2)[C@@H](O)[C@H](OCc2ccccc2)[C@H]1OCc1ccccc1. The van der Waals surface area contributed by atoms with Crippen molar-refractivity contribution in [1.29, 1.82) is 0 Å². The second-order valence-corrected chi connectivity index (χ2v) is 10.4. The molecule has 0 aromatic heterocycles. The van der Waals surface area contributed by atoms with Crippen molar-refractivity contribution in [2.24, 2.45) is 0 Å². The first-order valence-electron chi connectivity index (χ1n) is 14.7. The zero-order chi connectivity index (χ0) is 28.5. The van der Waals surface area contributed by atoms with Crippen LogP contribution in [-0.4, -0.2) is 49.0 Å². The molecule has 220 valence electrons. The molecule has 5 atom stereocenters. The number of unbranched alkanes of at least 4 members (excludes halogenated alkanes) is 4. The van der Waals surface area contributed by atoms with Crippen molar-refractivity contribution in [2.75, 3.05) is 13.2 Å². The standard InChI is InChI=1S/C35H44O6/c1-2-3-4-5-6-16-23-38-35-34(40-26-30-21-14-9-15-22-30)33(39-25-29-19-12-8-13-20-29)32(36)31(41-35)27-37-24-28-17-10-7-11-18-28/h2,7-15,17-22,31-36H,1,3-6,16,23-27H2/t31-,32-,33+,34-,35-/m1/s1. The molecule has 3 aromatic rings. The van der Waals surface area contributed by atoms with E-state index in [9.17, 15) is 5.11 Å². The Labute approximate surface area is 244 Å². The summed E-state index contributed by atoms with van der Waals surface area (Å²) in [5.41, 5.74) is 3.10. The molecule has 1 heterocycles. The fraction of sp³-hybridized carbons (Fsp3) is 0.429. The van der Waals surface area contributed by atoms with Crippen LogP contribution in [0.4, 0.5) is 0 Å². The highest BCUT2D eigenvalue weighted by molar-refractivity contribution is 5.15. The van der Waals surface area contributed by atoms with E-state index in [-0.39, 0.29) is 6.61 Å². The van der Waals surface area contributed by atoms with Gasteiger partial charge in [0.1, 0.15) is 24.4 Å². The average molecular weight is 561 g/mol. The molecule has 1 aliphatic heterocycles. The van der Waals surface area contributed by atoms with Gasteiger partial charge in [0.2, 0.25) is 0 Å². The van der Waals surface area contributed by atoms with Gasteiger partial charge in [-0.25, -0.2) is 0 Å². The fourth-order valence-electron chi connectivity index (χ4n) is 4.87. The van der Waals surface area contributed by atoms with Crippen LogP contribution in [0, 0.1) is 0 Å². The minimum Gasteiger partial charge on any atom is -0.387 e. The van der Waals surface area contributed by atoms with Gasteiger partial charge in [-0.1, -0.05) is 110 Å². The summed E-state index contributed by atoms with van der Waals surface area (Å²) < 4.78 is 31.4. The molecule has 0 saturated carbocycles. The largest absolute Gasteiger partial charge is 0.387 e. The summed E-state index contributed by atoms with van der Waals surface area (Å²) >= 11 is 0. The van der Waals surface area contributed by atoms with Gasteiger partial charge in [-0.05, 0) is 36.0 Å². The molecule has 3 aromatic carbocycles. The first-order valence-corrected chi connectivity index (χ1v) is 14.7. The van der Waals surface area contributed by atoms with E-state index in [0.29, 0.717) is 26.4 Å². The Morgan fingerprint density at radius 1 is 0.659 bits per heavy atom. The van der Waals surface area contributed by atoms with Crippen LogP contribution in [-0.2, 0) is 43.5 Å². The van der Waals surface area contributed by atoms with Crippen LogP contribution in [0.2, 0.25) is 0 Å². The molecule has 6 heteroatoms. The molecule has 0 bridgehead atoms. The molecule has 0 aliphatic carbocycles. The molecule has 0 spiro atoms. The van der Waals surface area contributed by atoms with Crippen molar-refractivity contribution in [3.8, 4) is 0 Å². The van der Waals surface area contributed by atoms with E-state index >= 15 is 0 Å². The van der Waals surface area contributed by atoms with Crippen LogP contribution < -0.4 is 0 Å². The highest BCUT2D eigenvalue weighted by Gasteiger charge is 2.47. The average Bonchev–Trinajstić information content (AvgIpc) is 3.02. The van der Waals surface area contributed by atoms with Crippen molar-refractivity contribution in [3.05, 3.63) is 120 Å². The molecule has 6 nitrogen and oxygen atoms in total. The summed E-state index contributed by atoms with van der Waals surface area (Å²) in [5, 5.41) is 11.5. The Kier molecular flexibility index (Phi) is 13.5. The molecule has 4 rings (SSSR count). The van der Waals surface area contributed by atoms with E-state index in [4.69, 9.17) is 23.7 Å². The second kappa shape index (κ2) is 17.9. The summed E-state index contributed by atoms with van der Waals surface area (Å²) in [7, 11) is 0. The molecule has 0 unspecified atom stereocenters. The summed E-state index contributed by atoms with van der Waals surface area (Å²) in [6, 6.07) is 29.9. The first kappa shape index (κ1) is 31.1. The lowest BCUT2D eigenvalue weighted by molar-refractivity contribution is -0.321. The maximum Gasteiger partial charge on any atom is 0.186 e. The van der Waals surface area contributed by atoms with Crippen molar-refractivity contribution in [2.45, 2.75) is 82.6 Å². The van der Waals surface area contributed by atoms with E-state index in [2.05, 4.69) is 6.58 Å². The minimum atomic E-state index is -0.964. The third-order valence-corrected chi connectivity index (χ3v) is 7.17. The van der Waals surface area contributed by atoms with Crippen LogP contribution in [0.15, 0.2) is 104 Å². The minimum absolute atomic E-state index is 0.202. The molecule has 41 heavy (non-hydrogen) atoms. The number of allylic oxidation sites excluding steroid dienone is 1. The Morgan fingerprint density at radius 2 is 1.20 bits per heavy atom. The van der Waals surface area contributed by atoms with Crippen LogP contribution in [0.3, 0.4) is 0 Å². The topological polar surface area (TPSA) is 66.4 Å². The summed E-state index contributed by atoms with van der Waals surface area (Å²) in [5.74, 6) is 0.